The zero-order chi connectivity index (χ0) is 21.4. The first-order valence-corrected chi connectivity index (χ1v) is 11.7. The Labute approximate surface area is 177 Å². The molecule has 0 radical (unpaired) electrons. The van der Waals surface area contributed by atoms with Crippen LogP contribution in [0.1, 0.15) is 36.2 Å². The standard InChI is InChI=1S/C22H26N2O5S/c1-22(2)15-17-5-3-6-19(20(17)29-22)28-13-11-23-21(25)16-7-9-18(10-8-16)24-12-4-14-30(24,26)27/h3,5-10H,4,11-15H2,1-2H3,(H,23,25). The fraction of sp³-hybridized carbons (Fsp3) is 0.409. The van der Waals surface area contributed by atoms with Crippen molar-refractivity contribution in [2.45, 2.75) is 32.3 Å². The Kier molecular flexibility index (Phi) is 5.36. The van der Waals surface area contributed by atoms with Crippen molar-refractivity contribution in [3.8, 4) is 11.5 Å². The van der Waals surface area contributed by atoms with Crippen molar-refractivity contribution in [2.75, 3.05) is 29.8 Å². The number of para-hydroxylation sites is 1. The molecule has 7 nitrogen and oxygen atoms in total. The van der Waals surface area contributed by atoms with Crippen molar-refractivity contribution in [1.29, 1.82) is 0 Å². The van der Waals surface area contributed by atoms with Crippen LogP contribution in [0.5, 0.6) is 11.5 Å². The summed E-state index contributed by atoms with van der Waals surface area (Å²) in [7, 11) is -3.22. The van der Waals surface area contributed by atoms with Gasteiger partial charge in [0.1, 0.15) is 12.2 Å². The van der Waals surface area contributed by atoms with Gasteiger partial charge in [0, 0.05) is 24.1 Å². The second-order valence-electron chi connectivity index (χ2n) is 8.18. The smallest absolute Gasteiger partial charge is 0.251 e. The number of carbonyl (C=O) groups excluding carboxylic acids is 1. The van der Waals surface area contributed by atoms with Gasteiger partial charge in [0.05, 0.1) is 18.0 Å². The number of sulfonamides is 1. The highest BCUT2D eigenvalue weighted by Gasteiger charge is 2.32. The van der Waals surface area contributed by atoms with E-state index in [9.17, 15) is 13.2 Å². The van der Waals surface area contributed by atoms with E-state index in [1.165, 1.54) is 4.31 Å². The maximum absolute atomic E-state index is 12.4. The maximum Gasteiger partial charge on any atom is 0.251 e. The molecule has 1 N–H and O–H groups in total. The van der Waals surface area contributed by atoms with Crippen molar-refractivity contribution in [2.24, 2.45) is 0 Å². The summed E-state index contributed by atoms with van der Waals surface area (Å²) in [5, 5.41) is 2.82. The monoisotopic (exact) mass is 430 g/mol. The summed E-state index contributed by atoms with van der Waals surface area (Å²) in [6.45, 7) is 5.22. The second kappa shape index (κ2) is 7.83. The molecule has 2 aliphatic heterocycles. The molecule has 0 atom stereocenters. The number of fused-ring (bicyclic) bond motifs is 1. The average Bonchev–Trinajstić information content (AvgIpc) is 3.22. The summed E-state index contributed by atoms with van der Waals surface area (Å²) in [6, 6.07) is 12.5. The van der Waals surface area contributed by atoms with Gasteiger partial charge in [-0.3, -0.25) is 9.10 Å². The Balaban J connectivity index is 1.30. The fourth-order valence-electron chi connectivity index (χ4n) is 3.84. The number of hydrogen-bond donors (Lipinski definition) is 1. The summed E-state index contributed by atoms with van der Waals surface area (Å²) < 4.78 is 37.2. The van der Waals surface area contributed by atoms with Crippen molar-refractivity contribution >= 4 is 21.6 Å². The van der Waals surface area contributed by atoms with Gasteiger partial charge >= 0.3 is 0 Å². The van der Waals surface area contributed by atoms with Crippen molar-refractivity contribution < 1.29 is 22.7 Å². The lowest BCUT2D eigenvalue weighted by atomic mass is 10.0. The van der Waals surface area contributed by atoms with Gasteiger partial charge in [-0.1, -0.05) is 12.1 Å². The zero-order valence-electron chi connectivity index (χ0n) is 17.2. The Hall–Kier alpha value is -2.74. The molecule has 0 spiro atoms. The van der Waals surface area contributed by atoms with Gasteiger partial charge in [-0.15, -0.1) is 0 Å². The molecular weight excluding hydrogens is 404 g/mol. The van der Waals surface area contributed by atoms with E-state index in [-0.39, 0.29) is 17.3 Å². The number of rotatable bonds is 6. The zero-order valence-corrected chi connectivity index (χ0v) is 18.0. The average molecular weight is 431 g/mol. The van der Waals surface area contributed by atoms with Crippen LogP contribution in [0.15, 0.2) is 42.5 Å². The van der Waals surface area contributed by atoms with E-state index >= 15 is 0 Å². The van der Waals surface area contributed by atoms with Crippen LogP contribution in [0.25, 0.3) is 0 Å². The summed E-state index contributed by atoms with van der Waals surface area (Å²) >= 11 is 0. The summed E-state index contributed by atoms with van der Waals surface area (Å²) in [5.41, 5.74) is 1.95. The molecule has 0 saturated carbocycles. The lowest BCUT2D eigenvalue weighted by molar-refractivity contribution is 0.0946. The van der Waals surface area contributed by atoms with Crippen molar-refractivity contribution in [1.82, 2.24) is 5.32 Å². The largest absolute Gasteiger partial charge is 0.488 e. The molecule has 1 saturated heterocycles. The molecule has 0 bridgehead atoms. The van der Waals surface area contributed by atoms with E-state index in [4.69, 9.17) is 9.47 Å². The molecule has 2 aliphatic rings. The SMILES string of the molecule is CC1(C)Cc2cccc(OCCNC(=O)c3ccc(N4CCCS4(=O)=O)cc3)c2O1. The number of anilines is 1. The van der Waals surface area contributed by atoms with E-state index in [1.54, 1.807) is 24.3 Å². The molecule has 1 fully saturated rings. The Morgan fingerprint density at radius 1 is 1.20 bits per heavy atom. The van der Waals surface area contributed by atoms with Crippen molar-refractivity contribution in [3.05, 3.63) is 53.6 Å². The van der Waals surface area contributed by atoms with Gasteiger partial charge in [-0.05, 0) is 50.6 Å². The normalized spacial score (nSPS) is 18.5. The summed E-state index contributed by atoms with van der Waals surface area (Å²) in [5.74, 6) is 1.40. The van der Waals surface area contributed by atoms with Crippen LogP contribution in [0, 0.1) is 0 Å². The first kappa shape index (κ1) is 20.5. The van der Waals surface area contributed by atoms with E-state index in [0.717, 1.165) is 17.7 Å². The molecule has 2 heterocycles. The molecule has 0 unspecified atom stereocenters. The van der Waals surface area contributed by atoms with Gasteiger partial charge in [-0.2, -0.15) is 0 Å². The second-order valence-corrected chi connectivity index (χ2v) is 10.2. The number of ether oxygens (including phenoxy) is 2. The predicted octanol–water partition coefficient (Wildman–Crippen LogP) is 2.75. The van der Waals surface area contributed by atoms with Gasteiger partial charge in [-0.25, -0.2) is 8.42 Å². The van der Waals surface area contributed by atoms with Crippen LogP contribution in [-0.2, 0) is 16.4 Å². The number of nitrogens with zero attached hydrogens (tertiary/aromatic N) is 1. The van der Waals surface area contributed by atoms with Crippen LogP contribution in [0.3, 0.4) is 0 Å². The third-order valence-corrected chi connectivity index (χ3v) is 7.09. The van der Waals surface area contributed by atoms with Crippen LogP contribution in [-0.4, -0.2) is 45.4 Å². The van der Waals surface area contributed by atoms with E-state index in [0.29, 0.717) is 43.1 Å². The van der Waals surface area contributed by atoms with Crippen molar-refractivity contribution in [3.63, 3.8) is 0 Å². The Morgan fingerprint density at radius 2 is 1.97 bits per heavy atom. The highest BCUT2D eigenvalue weighted by Crippen LogP contribution is 2.41. The van der Waals surface area contributed by atoms with E-state index in [1.807, 2.05) is 32.0 Å². The van der Waals surface area contributed by atoms with Gasteiger partial charge in [0.25, 0.3) is 5.91 Å². The topological polar surface area (TPSA) is 84.9 Å². The molecule has 160 valence electrons. The van der Waals surface area contributed by atoms with Crippen LogP contribution < -0.4 is 19.1 Å². The molecule has 8 heteroatoms. The first-order valence-electron chi connectivity index (χ1n) is 10.1. The van der Waals surface area contributed by atoms with Gasteiger partial charge < -0.3 is 14.8 Å². The third-order valence-electron chi connectivity index (χ3n) is 5.22. The molecular formula is C22H26N2O5S. The number of benzene rings is 2. The summed E-state index contributed by atoms with van der Waals surface area (Å²) in [6.07, 6.45) is 1.46. The Bertz CT molecular complexity index is 1050. The molecule has 2 aromatic carbocycles. The van der Waals surface area contributed by atoms with E-state index < -0.39 is 10.0 Å². The minimum absolute atomic E-state index is 0.169. The van der Waals surface area contributed by atoms with Gasteiger partial charge in [0.2, 0.25) is 10.0 Å². The van der Waals surface area contributed by atoms with Crippen LogP contribution in [0.4, 0.5) is 5.69 Å². The highest BCUT2D eigenvalue weighted by molar-refractivity contribution is 7.93. The molecule has 4 rings (SSSR count). The van der Waals surface area contributed by atoms with E-state index in [2.05, 4.69) is 5.32 Å². The minimum atomic E-state index is -3.22. The minimum Gasteiger partial charge on any atom is -0.488 e. The molecule has 30 heavy (non-hydrogen) atoms. The van der Waals surface area contributed by atoms with Crippen LogP contribution in [0.2, 0.25) is 0 Å². The maximum atomic E-state index is 12.4. The van der Waals surface area contributed by atoms with Crippen LogP contribution >= 0.6 is 0 Å². The predicted molar refractivity (Wildman–Crippen MR) is 115 cm³/mol. The number of amides is 1. The number of nitrogens with one attached hydrogen (secondary N) is 1. The number of carbonyl (C=O) groups is 1. The fourth-order valence-corrected chi connectivity index (χ4v) is 5.40. The number of hydrogen-bond acceptors (Lipinski definition) is 5. The molecule has 0 aliphatic carbocycles. The third kappa shape index (κ3) is 4.23. The Morgan fingerprint density at radius 3 is 2.67 bits per heavy atom. The molecule has 2 aromatic rings. The molecule has 0 aromatic heterocycles. The molecule has 1 amide bonds. The quantitative estimate of drug-likeness (QED) is 0.713. The lowest BCUT2D eigenvalue weighted by Crippen LogP contribution is -2.28. The highest BCUT2D eigenvalue weighted by atomic mass is 32.2. The van der Waals surface area contributed by atoms with Gasteiger partial charge in [0.15, 0.2) is 11.5 Å². The first-order chi connectivity index (χ1) is 14.3. The summed E-state index contributed by atoms with van der Waals surface area (Å²) in [4.78, 5) is 12.4. The lowest BCUT2D eigenvalue weighted by Gasteiger charge is -2.18.